The minimum atomic E-state index is -0.550. The van der Waals surface area contributed by atoms with Gasteiger partial charge in [-0.3, -0.25) is 4.98 Å². The van der Waals surface area contributed by atoms with Crippen molar-refractivity contribution in [1.82, 2.24) is 10.2 Å². The summed E-state index contributed by atoms with van der Waals surface area (Å²) in [6.07, 6.45) is 0.867. The first-order valence-corrected chi connectivity index (χ1v) is 6.68. The van der Waals surface area contributed by atoms with Crippen LogP contribution < -0.4 is 10.1 Å². The fraction of sp³-hybridized carbons (Fsp3) is 0.538. The topological polar surface area (TPSA) is 85.7 Å². The average Bonchev–Trinajstić information content (AvgIpc) is 2.45. The standard InChI is InChI=1S/C13H19BN3O3/c1-9-4-11(5-10(7-18)15-9)17-3-2-12(13(20)6-17)16-14-8-19/h4-5,8,12-13,16,18,20H,2-3,6-7H2,1H3/t12-,13-/m0/s1. The zero-order valence-electron chi connectivity index (χ0n) is 11.5. The summed E-state index contributed by atoms with van der Waals surface area (Å²) in [6, 6.07) is 3.68. The summed E-state index contributed by atoms with van der Waals surface area (Å²) >= 11 is 0. The molecule has 2 heterocycles. The van der Waals surface area contributed by atoms with Gasteiger partial charge < -0.3 is 25.1 Å². The number of carbonyl (C=O) groups excluding carboxylic acids is 1. The van der Waals surface area contributed by atoms with E-state index >= 15 is 0 Å². The van der Waals surface area contributed by atoms with E-state index in [1.807, 2.05) is 19.1 Å². The van der Waals surface area contributed by atoms with E-state index in [-0.39, 0.29) is 12.6 Å². The number of hydrogen-bond donors (Lipinski definition) is 3. The number of nitrogens with one attached hydrogen (secondary N) is 1. The molecule has 7 heteroatoms. The Morgan fingerprint density at radius 3 is 3.05 bits per heavy atom. The Hall–Kier alpha value is -1.44. The molecule has 1 aromatic rings. The molecule has 0 saturated carbocycles. The third-order valence-electron chi connectivity index (χ3n) is 3.48. The highest BCUT2D eigenvalue weighted by molar-refractivity contribution is 6.64. The molecule has 1 radical (unpaired) electrons. The van der Waals surface area contributed by atoms with Crippen LogP contribution in [0.25, 0.3) is 0 Å². The van der Waals surface area contributed by atoms with Crippen LogP contribution in [0, 0.1) is 6.92 Å². The summed E-state index contributed by atoms with van der Waals surface area (Å²) in [5, 5.41) is 22.2. The van der Waals surface area contributed by atoms with Crippen molar-refractivity contribution in [2.75, 3.05) is 18.0 Å². The maximum Gasteiger partial charge on any atom is 0.290 e. The smallest absolute Gasteiger partial charge is 0.290 e. The molecule has 1 aliphatic rings. The maximum absolute atomic E-state index is 10.3. The fourth-order valence-corrected chi connectivity index (χ4v) is 2.50. The van der Waals surface area contributed by atoms with Gasteiger partial charge in [-0.1, -0.05) is 0 Å². The zero-order chi connectivity index (χ0) is 14.5. The molecule has 3 N–H and O–H groups in total. The van der Waals surface area contributed by atoms with Crippen molar-refractivity contribution in [2.24, 2.45) is 0 Å². The number of aliphatic hydroxyl groups excluding tert-OH is 2. The van der Waals surface area contributed by atoms with E-state index in [4.69, 9.17) is 0 Å². The van der Waals surface area contributed by atoms with E-state index < -0.39 is 6.10 Å². The molecule has 1 saturated heterocycles. The van der Waals surface area contributed by atoms with Crippen molar-refractivity contribution in [3.8, 4) is 0 Å². The minimum absolute atomic E-state index is 0.0937. The molecule has 6 nitrogen and oxygen atoms in total. The summed E-state index contributed by atoms with van der Waals surface area (Å²) < 4.78 is 0. The second kappa shape index (κ2) is 6.83. The maximum atomic E-state index is 10.3. The van der Waals surface area contributed by atoms with Crippen molar-refractivity contribution >= 4 is 19.3 Å². The Morgan fingerprint density at radius 2 is 2.40 bits per heavy atom. The number of carbonyl (C=O) groups is 1. The third kappa shape index (κ3) is 3.56. The van der Waals surface area contributed by atoms with Gasteiger partial charge in [-0.25, -0.2) is 0 Å². The third-order valence-corrected chi connectivity index (χ3v) is 3.48. The van der Waals surface area contributed by atoms with Crippen LogP contribution in [-0.4, -0.2) is 54.0 Å². The largest absolute Gasteiger partial charge is 0.390 e. The molecule has 1 fully saturated rings. The molecule has 1 aliphatic heterocycles. The number of aliphatic hydroxyl groups is 2. The Kier molecular flexibility index (Phi) is 5.11. The summed E-state index contributed by atoms with van der Waals surface area (Å²) in [5.74, 6) is 0. The van der Waals surface area contributed by atoms with Gasteiger partial charge in [0.1, 0.15) is 0 Å². The van der Waals surface area contributed by atoms with Crippen LogP contribution in [-0.2, 0) is 11.4 Å². The van der Waals surface area contributed by atoms with Gasteiger partial charge in [-0.05, 0) is 25.5 Å². The first kappa shape index (κ1) is 15.0. The van der Waals surface area contributed by atoms with Gasteiger partial charge in [-0.2, -0.15) is 0 Å². The highest BCUT2D eigenvalue weighted by Gasteiger charge is 2.27. The van der Waals surface area contributed by atoms with Gasteiger partial charge in [0.05, 0.1) is 24.6 Å². The van der Waals surface area contributed by atoms with Crippen LogP contribution >= 0.6 is 0 Å². The second-order valence-electron chi connectivity index (χ2n) is 4.99. The number of nitrogens with zero attached hydrogens (tertiary/aromatic N) is 2. The monoisotopic (exact) mass is 276 g/mol. The molecule has 1 aromatic heterocycles. The summed E-state index contributed by atoms with van der Waals surface area (Å²) in [7, 11) is 1.32. The minimum Gasteiger partial charge on any atom is -0.390 e. The van der Waals surface area contributed by atoms with E-state index in [9.17, 15) is 15.0 Å². The lowest BCUT2D eigenvalue weighted by molar-refractivity contribution is 0.125. The van der Waals surface area contributed by atoms with Crippen LogP contribution in [0.5, 0.6) is 0 Å². The number of hydrogen-bond acceptors (Lipinski definition) is 6. The highest BCUT2D eigenvalue weighted by Crippen LogP contribution is 2.22. The quantitative estimate of drug-likeness (QED) is 0.483. The molecule has 20 heavy (non-hydrogen) atoms. The van der Waals surface area contributed by atoms with E-state index in [2.05, 4.69) is 15.1 Å². The number of β-amino-alcohol motifs (C(OH)–C–C–N with tert-alkyl or cyclic N) is 1. The van der Waals surface area contributed by atoms with Crippen LogP contribution in [0.1, 0.15) is 17.8 Å². The predicted octanol–water partition coefficient (Wildman–Crippen LogP) is -0.779. The van der Waals surface area contributed by atoms with Crippen molar-refractivity contribution in [2.45, 2.75) is 32.1 Å². The van der Waals surface area contributed by atoms with Crippen LogP contribution in [0.3, 0.4) is 0 Å². The van der Waals surface area contributed by atoms with Gasteiger partial charge >= 0.3 is 0 Å². The number of aromatic nitrogens is 1. The molecule has 107 valence electrons. The summed E-state index contributed by atoms with van der Waals surface area (Å²) in [4.78, 5) is 16.6. The normalized spacial score (nSPS) is 22.6. The van der Waals surface area contributed by atoms with Gasteiger partial charge in [0.2, 0.25) is 0 Å². The Morgan fingerprint density at radius 1 is 1.60 bits per heavy atom. The molecular weight excluding hydrogens is 257 g/mol. The molecule has 0 spiro atoms. The molecule has 0 aliphatic carbocycles. The zero-order valence-corrected chi connectivity index (χ0v) is 11.5. The first-order valence-electron chi connectivity index (χ1n) is 6.68. The summed E-state index contributed by atoms with van der Waals surface area (Å²) in [6.45, 7) is 3.05. The summed E-state index contributed by atoms with van der Waals surface area (Å²) in [5.41, 5.74) is 2.43. The SMILES string of the molecule is Cc1cc(N2CC[C@H](N[B]C=O)[C@@H](O)C2)cc(CO)n1. The number of aryl methyl sites for hydroxylation is 1. The second-order valence-corrected chi connectivity index (χ2v) is 4.99. The molecule has 0 aromatic carbocycles. The lowest BCUT2D eigenvalue weighted by atomic mass is 9.91. The van der Waals surface area contributed by atoms with Crippen LogP contribution in [0.4, 0.5) is 5.69 Å². The molecule has 0 unspecified atom stereocenters. The fourth-order valence-electron chi connectivity index (χ4n) is 2.50. The molecule has 0 amide bonds. The van der Waals surface area contributed by atoms with Crippen molar-refractivity contribution in [3.05, 3.63) is 23.5 Å². The van der Waals surface area contributed by atoms with Gasteiger partial charge in [0.25, 0.3) is 7.41 Å². The Balaban J connectivity index is 2.05. The van der Waals surface area contributed by atoms with Crippen LogP contribution in [0.15, 0.2) is 12.1 Å². The highest BCUT2D eigenvalue weighted by atomic mass is 16.3. The van der Waals surface area contributed by atoms with E-state index in [0.717, 1.165) is 24.3 Å². The number of pyridine rings is 1. The average molecular weight is 276 g/mol. The molecule has 2 rings (SSSR count). The van der Waals surface area contributed by atoms with Crippen molar-refractivity contribution < 1.29 is 15.0 Å². The van der Waals surface area contributed by atoms with E-state index in [0.29, 0.717) is 18.4 Å². The Bertz CT molecular complexity index is 472. The predicted molar refractivity (Wildman–Crippen MR) is 77.2 cm³/mol. The number of anilines is 1. The number of rotatable bonds is 5. The van der Waals surface area contributed by atoms with Crippen LogP contribution in [0.2, 0.25) is 0 Å². The van der Waals surface area contributed by atoms with E-state index in [1.165, 1.54) is 7.41 Å². The van der Waals surface area contributed by atoms with Gasteiger partial charge in [0, 0.05) is 30.5 Å². The van der Waals surface area contributed by atoms with E-state index in [1.54, 1.807) is 0 Å². The van der Waals surface area contributed by atoms with Crippen molar-refractivity contribution in [3.63, 3.8) is 0 Å². The Labute approximate surface area is 119 Å². The van der Waals surface area contributed by atoms with Gasteiger partial charge in [0.15, 0.2) is 0 Å². The van der Waals surface area contributed by atoms with Gasteiger partial charge in [-0.15, -0.1) is 0 Å². The van der Waals surface area contributed by atoms with Crippen molar-refractivity contribution in [1.29, 1.82) is 0 Å². The molecular formula is C13H19BN3O3. The lowest BCUT2D eigenvalue weighted by Gasteiger charge is -2.37. The number of piperidine rings is 1. The molecule has 0 bridgehead atoms. The molecule has 2 atom stereocenters. The lowest BCUT2D eigenvalue weighted by Crippen LogP contribution is -2.53. The first-order chi connectivity index (χ1) is 9.63.